The molecule has 0 aliphatic rings. The summed E-state index contributed by atoms with van der Waals surface area (Å²) in [6.45, 7) is 2.11. The Morgan fingerprint density at radius 3 is 2.61 bits per heavy atom. The number of benzene rings is 1. The molecule has 0 atom stereocenters. The first-order chi connectivity index (χ1) is 13.5. The van der Waals surface area contributed by atoms with Gasteiger partial charge in [0.05, 0.1) is 19.2 Å². The van der Waals surface area contributed by atoms with Gasteiger partial charge in [0.1, 0.15) is 5.75 Å². The van der Waals surface area contributed by atoms with E-state index in [0.717, 1.165) is 10.1 Å². The molecule has 0 radical (unpaired) electrons. The van der Waals surface area contributed by atoms with Gasteiger partial charge in [0, 0.05) is 23.0 Å². The molecule has 1 aromatic carbocycles. The summed E-state index contributed by atoms with van der Waals surface area (Å²) in [5.74, 6) is -0.108. The highest BCUT2D eigenvalue weighted by Crippen LogP contribution is 2.19. The van der Waals surface area contributed by atoms with Crippen molar-refractivity contribution in [1.29, 1.82) is 0 Å². The third-order valence-corrected chi connectivity index (χ3v) is 4.25. The summed E-state index contributed by atoms with van der Waals surface area (Å²) in [7, 11) is 1.52. The molecule has 8 nitrogen and oxygen atoms in total. The summed E-state index contributed by atoms with van der Waals surface area (Å²) in [4.78, 5) is 34.3. The number of hydrogen-bond acceptors (Lipinski definition) is 5. The fraction of sp³-hybridized carbons (Fsp3) is 0.200. The molecular weight excluding hydrogens is 360 g/mol. The lowest BCUT2D eigenvalue weighted by molar-refractivity contribution is -0.378. The molecule has 0 saturated heterocycles. The fourth-order valence-corrected chi connectivity index (χ4v) is 2.82. The van der Waals surface area contributed by atoms with Gasteiger partial charge in [-0.1, -0.05) is 6.92 Å². The molecule has 8 heteroatoms. The van der Waals surface area contributed by atoms with Crippen molar-refractivity contribution in [2.24, 2.45) is 4.99 Å². The first kappa shape index (κ1) is 19.1. The Kier molecular flexibility index (Phi) is 5.69. The molecule has 28 heavy (non-hydrogen) atoms. The number of pyridine rings is 1. The molecule has 0 aliphatic carbocycles. The number of hydrogen-bond donors (Lipinski definition) is 1. The molecule has 0 saturated carbocycles. The van der Waals surface area contributed by atoms with Crippen LogP contribution in [0.3, 0.4) is 0 Å². The van der Waals surface area contributed by atoms with Crippen molar-refractivity contribution >= 4 is 5.71 Å². The summed E-state index contributed by atoms with van der Waals surface area (Å²) in [6, 6.07) is 10.1. The zero-order chi connectivity index (χ0) is 20.1. The van der Waals surface area contributed by atoms with Crippen LogP contribution in [0.15, 0.2) is 63.4 Å². The van der Waals surface area contributed by atoms with E-state index in [-0.39, 0.29) is 5.56 Å². The lowest BCUT2D eigenvalue weighted by atomic mass is 10.1. The van der Waals surface area contributed by atoms with Crippen LogP contribution in [0.4, 0.5) is 0 Å². The summed E-state index contributed by atoms with van der Waals surface area (Å²) < 4.78 is 6.02. The van der Waals surface area contributed by atoms with Gasteiger partial charge in [-0.25, -0.2) is 9.78 Å². The lowest BCUT2D eigenvalue weighted by Crippen LogP contribution is -2.35. The molecule has 3 rings (SSSR count). The van der Waals surface area contributed by atoms with Gasteiger partial charge in [0.15, 0.2) is 12.4 Å². The molecule has 3 aromatic rings. The summed E-state index contributed by atoms with van der Waals surface area (Å²) in [5.41, 5.74) is -0.0746. The summed E-state index contributed by atoms with van der Waals surface area (Å²) in [6.07, 6.45) is 3.94. The second kappa shape index (κ2) is 8.34. The summed E-state index contributed by atoms with van der Waals surface area (Å²) >= 11 is 0. The van der Waals surface area contributed by atoms with Crippen molar-refractivity contribution in [1.82, 2.24) is 9.55 Å². The highest BCUT2D eigenvalue weighted by Gasteiger charge is 2.14. The van der Waals surface area contributed by atoms with Gasteiger partial charge in [-0.2, -0.15) is 0 Å². The average molecular weight is 380 g/mol. The topological polar surface area (TPSA) is 114 Å². The van der Waals surface area contributed by atoms with Crippen LogP contribution in [0.2, 0.25) is 0 Å². The van der Waals surface area contributed by atoms with E-state index in [1.165, 1.54) is 7.11 Å². The predicted molar refractivity (Wildman–Crippen MR) is 102 cm³/mol. The van der Waals surface area contributed by atoms with Gasteiger partial charge < -0.3 is 9.84 Å². The minimum absolute atomic E-state index is 0.127. The number of nitrogens with zero attached hydrogens (tertiary/aromatic N) is 2. The zero-order valence-corrected chi connectivity index (χ0v) is 15.6. The van der Waals surface area contributed by atoms with E-state index in [1.807, 2.05) is 12.1 Å². The molecule has 0 unspecified atom stereocenters. The second-order valence-corrected chi connectivity index (χ2v) is 6.00. The quantitative estimate of drug-likeness (QED) is 0.638. The Morgan fingerprint density at radius 1 is 1.25 bits per heavy atom. The molecule has 2 heterocycles. The largest absolute Gasteiger partial charge is 0.859 e. The van der Waals surface area contributed by atoms with Crippen LogP contribution < -0.4 is 26.1 Å². The Balaban J connectivity index is 2.09. The minimum atomic E-state index is -0.794. The van der Waals surface area contributed by atoms with Gasteiger partial charge in [0.25, 0.3) is 5.56 Å². The van der Waals surface area contributed by atoms with E-state index in [9.17, 15) is 14.7 Å². The SMILES string of the molecule is CCC(=NCc1ccc[nH+]c1)c1c([O-])n(-c2ccc(OC)cc2)c(=O)[nH]c1=O. The van der Waals surface area contributed by atoms with E-state index >= 15 is 0 Å². The van der Waals surface area contributed by atoms with Gasteiger partial charge in [-0.05, 0) is 42.6 Å². The number of ether oxygens (including phenoxy) is 1. The molecule has 0 fully saturated rings. The number of aromatic amines is 2. The molecule has 0 bridgehead atoms. The first-order valence-electron chi connectivity index (χ1n) is 8.74. The number of nitrogens with one attached hydrogen (secondary N) is 2. The van der Waals surface area contributed by atoms with Crippen molar-refractivity contribution in [3.05, 3.63) is 80.8 Å². The minimum Gasteiger partial charge on any atom is -0.859 e. The number of rotatable bonds is 6. The molecule has 144 valence electrons. The maximum Gasteiger partial charge on any atom is 0.332 e. The van der Waals surface area contributed by atoms with Gasteiger partial charge in [-0.15, -0.1) is 0 Å². The van der Waals surface area contributed by atoms with Crippen LogP contribution >= 0.6 is 0 Å². The van der Waals surface area contributed by atoms with E-state index < -0.39 is 17.1 Å². The molecule has 2 aromatic heterocycles. The predicted octanol–water partition coefficient (Wildman–Crippen LogP) is 0.821. The number of aliphatic imine (C=N–C) groups is 1. The Bertz CT molecular complexity index is 1100. The van der Waals surface area contributed by atoms with Crippen molar-refractivity contribution in [2.45, 2.75) is 19.9 Å². The van der Waals surface area contributed by atoms with Gasteiger partial charge in [0.2, 0.25) is 0 Å². The average Bonchev–Trinajstić information content (AvgIpc) is 2.71. The van der Waals surface area contributed by atoms with Crippen molar-refractivity contribution in [3.8, 4) is 17.3 Å². The molecule has 0 amide bonds. The second-order valence-electron chi connectivity index (χ2n) is 6.00. The van der Waals surface area contributed by atoms with E-state index in [1.54, 1.807) is 43.6 Å². The van der Waals surface area contributed by atoms with Crippen molar-refractivity contribution in [3.63, 3.8) is 0 Å². The maximum atomic E-state index is 13.0. The smallest absolute Gasteiger partial charge is 0.332 e. The van der Waals surface area contributed by atoms with Gasteiger partial charge >= 0.3 is 5.69 Å². The van der Waals surface area contributed by atoms with Gasteiger partial charge in [-0.3, -0.25) is 19.3 Å². The van der Waals surface area contributed by atoms with Crippen LogP contribution in [0.25, 0.3) is 5.69 Å². The van der Waals surface area contributed by atoms with Crippen LogP contribution in [0.5, 0.6) is 11.6 Å². The normalized spacial score (nSPS) is 11.4. The van der Waals surface area contributed by atoms with E-state index in [4.69, 9.17) is 4.74 Å². The first-order valence-corrected chi connectivity index (χ1v) is 8.74. The van der Waals surface area contributed by atoms with Crippen molar-refractivity contribution < 1.29 is 14.8 Å². The molecule has 0 spiro atoms. The van der Waals surface area contributed by atoms with E-state index in [0.29, 0.717) is 30.1 Å². The Labute approximate surface area is 160 Å². The molecule has 2 N–H and O–H groups in total. The Morgan fingerprint density at radius 2 is 2.00 bits per heavy atom. The molecular formula is C20H20N4O4. The van der Waals surface area contributed by atoms with Crippen LogP contribution in [0, 0.1) is 0 Å². The number of H-pyrrole nitrogens is 2. The third kappa shape index (κ3) is 3.85. The van der Waals surface area contributed by atoms with Crippen LogP contribution in [-0.4, -0.2) is 22.4 Å². The highest BCUT2D eigenvalue weighted by atomic mass is 16.5. The third-order valence-electron chi connectivity index (χ3n) is 4.25. The van der Waals surface area contributed by atoms with Crippen LogP contribution in [0.1, 0.15) is 24.5 Å². The van der Waals surface area contributed by atoms with E-state index in [2.05, 4.69) is 15.0 Å². The lowest BCUT2D eigenvalue weighted by Gasteiger charge is -2.20. The number of methoxy groups -OCH3 is 1. The van der Waals surface area contributed by atoms with Crippen molar-refractivity contribution in [2.75, 3.05) is 7.11 Å². The zero-order valence-electron chi connectivity index (χ0n) is 15.6. The van der Waals surface area contributed by atoms with Crippen LogP contribution in [-0.2, 0) is 6.54 Å². The highest BCUT2D eigenvalue weighted by molar-refractivity contribution is 6.01. The molecule has 0 aliphatic heterocycles. The Hall–Kier alpha value is -3.68. The fourth-order valence-electron chi connectivity index (χ4n) is 2.82. The number of aromatic nitrogens is 3. The standard InChI is InChI=1S/C20H20N4O4/c1-3-16(22-12-13-5-4-10-21-11-13)17-18(25)23-20(27)24(19(17)26)14-6-8-15(28-2)9-7-14/h4-11,26H,3,12H2,1-2H3,(H,23,25,27). The monoisotopic (exact) mass is 380 g/mol. The maximum absolute atomic E-state index is 13.0. The summed E-state index contributed by atoms with van der Waals surface area (Å²) in [5, 5.41) is 13.0.